The lowest BCUT2D eigenvalue weighted by Crippen LogP contribution is -2.63. The fourth-order valence-corrected chi connectivity index (χ4v) is 5.44. The van der Waals surface area contributed by atoms with E-state index in [1.54, 1.807) is 0 Å². The molecule has 2 heterocycles. The fourth-order valence-electron chi connectivity index (χ4n) is 4.85. The molecule has 0 unspecified atom stereocenters. The number of benzene rings is 1. The number of carbonyl (C=O) groups excluding carboxylic acids is 2. The number of nitrogens with zero attached hydrogens (tertiary/aromatic N) is 3. The van der Waals surface area contributed by atoms with Gasteiger partial charge in [-0.25, -0.2) is 4.79 Å². The largest absolute Gasteiger partial charge is 0.416 e. The van der Waals surface area contributed by atoms with Crippen LogP contribution in [0.5, 0.6) is 0 Å². The second kappa shape index (κ2) is 9.94. The molecule has 196 valence electrons. The van der Waals surface area contributed by atoms with Crippen molar-refractivity contribution in [3.8, 4) is 0 Å². The lowest BCUT2D eigenvalue weighted by atomic mass is 9.80. The average molecular weight is 527 g/mol. The van der Waals surface area contributed by atoms with E-state index in [0.717, 1.165) is 40.6 Å². The van der Waals surface area contributed by atoms with Crippen molar-refractivity contribution in [3.05, 3.63) is 35.2 Å². The van der Waals surface area contributed by atoms with E-state index in [2.05, 4.69) is 27.2 Å². The Balaban J connectivity index is 1.30. The first-order chi connectivity index (χ1) is 16.9. The molecule has 0 atom stereocenters. The van der Waals surface area contributed by atoms with Crippen LogP contribution >= 0.6 is 11.8 Å². The molecule has 1 aromatic heterocycles. The minimum atomic E-state index is -4.58. The summed E-state index contributed by atoms with van der Waals surface area (Å²) < 4.78 is 40.2. The Hall–Kier alpha value is -2.77. The van der Waals surface area contributed by atoms with Crippen molar-refractivity contribution in [2.24, 2.45) is 5.73 Å². The van der Waals surface area contributed by atoms with Crippen molar-refractivity contribution in [3.63, 3.8) is 0 Å². The molecule has 13 heteroatoms. The number of alkyl halides is 3. The summed E-state index contributed by atoms with van der Waals surface area (Å²) in [4.78, 5) is 27.2. The summed E-state index contributed by atoms with van der Waals surface area (Å²) in [5.41, 5.74) is 3.67. The molecule has 2 amide bonds. The van der Waals surface area contributed by atoms with Gasteiger partial charge in [-0.3, -0.25) is 9.69 Å². The van der Waals surface area contributed by atoms with Crippen LogP contribution in [-0.4, -0.2) is 75.3 Å². The number of halogens is 3. The number of aliphatic hydroxyl groups is 1. The number of rotatable bonds is 7. The third kappa shape index (κ3) is 5.32. The standard InChI is InChI=1S/C23H29F3N6O3S/c1-13(36-2)22(35)7-5-16(6-8-22)31-11-15(12-31)29-19(33)10-28-20-17-9-14(23(24,25)26)3-4-18(17)32(30-20)21(27)34/h3-4,9,15-16,35H,1,5-8,10-12H2,2H3,(H2,27,34)(H,28,30)(H,29,33). The number of nitrogens with one attached hydrogen (secondary N) is 2. The van der Waals surface area contributed by atoms with Crippen molar-refractivity contribution in [1.82, 2.24) is 20.0 Å². The molecule has 9 nitrogen and oxygen atoms in total. The van der Waals surface area contributed by atoms with E-state index in [1.165, 1.54) is 11.8 Å². The van der Waals surface area contributed by atoms with Crippen LogP contribution in [0.3, 0.4) is 0 Å². The van der Waals surface area contributed by atoms with Crippen molar-refractivity contribution in [2.45, 2.75) is 49.5 Å². The molecular formula is C23H29F3N6O3S. The van der Waals surface area contributed by atoms with Crippen LogP contribution in [0, 0.1) is 0 Å². The van der Waals surface area contributed by atoms with Crippen LogP contribution in [0.25, 0.3) is 10.9 Å². The van der Waals surface area contributed by atoms with Gasteiger partial charge in [0.1, 0.15) is 0 Å². The topological polar surface area (TPSA) is 126 Å². The lowest BCUT2D eigenvalue weighted by molar-refractivity contribution is -0.137. The SMILES string of the molecule is C=C(SC)C1(O)CCC(N2CC(NC(=O)CNc3nn(C(N)=O)c4ccc(C(F)(F)F)cc34)C2)CC1. The Bertz CT molecular complexity index is 1170. The lowest BCUT2D eigenvalue weighted by Gasteiger charge is -2.48. The van der Waals surface area contributed by atoms with Crippen LogP contribution in [-0.2, 0) is 11.0 Å². The molecule has 1 aliphatic heterocycles. The molecule has 36 heavy (non-hydrogen) atoms. The maximum atomic E-state index is 13.1. The number of aromatic nitrogens is 2. The molecule has 2 aliphatic rings. The highest BCUT2D eigenvalue weighted by atomic mass is 32.2. The van der Waals surface area contributed by atoms with Gasteiger partial charge in [0.15, 0.2) is 5.82 Å². The van der Waals surface area contributed by atoms with Crippen LogP contribution in [0.15, 0.2) is 29.7 Å². The number of hydrogen-bond acceptors (Lipinski definition) is 7. The number of anilines is 1. The van der Waals surface area contributed by atoms with E-state index in [9.17, 15) is 27.9 Å². The van der Waals surface area contributed by atoms with Gasteiger partial charge in [-0.15, -0.1) is 16.9 Å². The molecule has 2 aromatic rings. The average Bonchev–Trinajstić information content (AvgIpc) is 3.18. The maximum Gasteiger partial charge on any atom is 0.416 e. The zero-order valence-electron chi connectivity index (χ0n) is 19.8. The minimum Gasteiger partial charge on any atom is -0.385 e. The van der Waals surface area contributed by atoms with Gasteiger partial charge in [0.05, 0.1) is 29.3 Å². The van der Waals surface area contributed by atoms with E-state index in [0.29, 0.717) is 32.0 Å². The predicted octanol–water partition coefficient (Wildman–Crippen LogP) is 2.74. The Kier molecular flexibility index (Phi) is 7.26. The van der Waals surface area contributed by atoms with Gasteiger partial charge in [0.2, 0.25) is 5.91 Å². The molecule has 1 aromatic carbocycles. The van der Waals surface area contributed by atoms with E-state index in [4.69, 9.17) is 5.73 Å². The van der Waals surface area contributed by atoms with Gasteiger partial charge in [-0.1, -0.05) is 6.58 Å². The summed E-state index contributed by atoms with van der Waals surface area (Å²) in [7, 11) is 0. The molecule has 2 fully saturated rings. The minimum absolute atomic E-state index is 0.0349. The third-order valence-corrected chi connectivity index (χ3v) is 7.84. The van der Waals surface area contributed by atoms with Crippen molar-refractivity contribution in [1.29, 1.82) is 0 Å². The van der Waals surface area contributed by atoms with Crippen LogP contribution in [0.1, 0.15) is 31.2 Å². The molecular weight excluding hydrogens is 497 g/mol. The monoisotopic (exact) mass is 526 g/mol. The summed E-state index contributed by atoms with van der Waals surface area (Å²) in [6, 6.07) is 2.18. The van der Waals surface area contributed by atoms with Crippen molar-refractivity contribution in [2.75, 3.05) is 31.2 Å². The summed E-state index contributed by atoms with van der Waals surface area (Å²) in [5, 5.41) is 20.3. The number of hydrogen-bond donors (Lipinski definition) is 4. The number of fused-ring (bicyclic) bond motifs is 1. The van der Waals surface area contributed by atoms with Crippen molar-refractivity contribution < 1.29 is 27.9 Å². The summed E-state index contributed by atoms with van der Waals surface area (Å²) in [6.45, 7) is 5.11. The first-order valence-electron chi connectivity index (χ1n) is 11.5. The number of primary amides is 1. The molecule has 1 saturated carbocycles. The molecule has 4 rings (SSSR count). The van der Waals surface area contributed by atoms with Gasteiger partial charge in [-0.2, -0.15) is 17.9 Å². The van der Waals surface area contributed by atoms with E-state index in [-0.39, 0.29) is 35.2 Å². The number of thioether (sulfide) groups is 1. The van der Waals surface area contributed by atoms with Gasteiger partial charge in [0, 0.05) is 29.4 Å². The number of carbonyl (C=O) groups is 2. The van der Waals surface area contributed by atoms with Crippen molar-refractivity contribution >= 4 is 40.4 Å². The first-order valence-corrected chi connectivity index (χ1v) is 12.8. The first kappa shape index (κ1) is 26.3. The van der Waals surface area contributed by atoms with E-state index >= 15 is 0 Å². The van der Waals surface area contributed by atoms with Crippen LogP contribution in [0.2, 0.25) is 0 Å². The Morgan fingerprint density at radius 3 is 2.56 bits per heavy atom. The highest BCUT2D eigenvalue weighted by Crippen LogP contribution is 2.40. The Morgan fingerprint density at radius 1 is 1.31 bits per heavy atom. The Morgan fingerprint density at radius 2 is 1.97 bits per heavy atom. The second-order valence-electron chi connectivity index (χ2n) is 9.29. The quantitative estimate of drug-likeness (QED) is 0.437. The van der Waals surface area contributed by atoms with Gasteiger partial charge in [-0.05, 0) is 50.1 Å². The highest BCUT2D eigenvalue weighted by Gasteiger charge is 2.40. The summed E-state index contributed by atoms with van der Waals surface area (Å²) >= 11 is 1.48. The fraction of sp³-hybridized carbons (Fsp3) is 0.522. The van der Waals surface area contributed by atoms with Crippen LogP contribution in [0.4, 0.5) is 23.8 Å². The van der Waals surface area contributed by atoms with E-state index in [1.807, 2.05) is 6.26 Å². The van der Waals surface area contributed by atoms with Crippen LogP contribution < -0.4 is 16.4 Å². The smallest absolute Gasteiger partial charge is 0.385 e. The molecule has 0 bridgehead atoms. The number of nitrogens with two attached hydrogens (primary N) is 1. The predicted molar refractivity (Wildman–Crippen MR) is 132 cm³/mol. The van der Waals surface area contributed by atoms with Gasteiger partial charge in [0.25, 0.3) is 0 Å². The molecule has 1 saturated heterocycles. The van der Waals surface area contributed by atoms with E-state index < -0.39 is 23.4 Å². The summed E-state index contributed by atoms with van der Waals surface area (Å²) in [5.74, 6) is -0.385. The zero-order valence-corrected chi connectivity index (χ0v) is 20.6. The van der Waals surface area contributed by atoms with Gasteiger partial charge >= 0.3 is 12.2 Å². The zero-order chi connectivity index (χ0) is 26.3. The number of amides is 2. The second-order valence-corrected chi connectivity index (χ2v) is 10.2. The Labute approximate surface area is 210 Å². The van der Waals surface area contributed by atoms with Gasteiger partial charge < -0.3 is 21.5 Å². The molecule has 0 spiro atoms. The molecule has 0 radical (unpaired) electrons. The summed E-state index contributed by atoms with van der Waals surface area (Å²) in [6.07, 6.45) is 0.373. The number of likely N-dealkylation sites (tertiary alicyclic amines) is 1. The normalized spacial score (nSPS) is 23.3. The third-order valence-electron chi connectivity index (χ3n) is 6.97. The maximum absolute atomic E-state index is 13.1. The highest BCUT2D eigenvalue weighted by molar-refractivity contribution is 8.02. The molecule has 5 N–H and O–H groups in total. The molecule has 1 aliphatic carbocycles.